The third-order valence-electron chi connectivity index (χ3n) is 3.66. The number of hydrogen-bond donors (Lipinski definition) is 0. The zero-order valence-electron chi connectivity index (χ0n) is 13.2. The van der Waals surface area contributed by atoms with E-state index in [1.165, 1.54) is 0 Å². The molecule has 2 heterocycles. The highest BCUT2D eigenvalue weighted by Gasteiger charge is 2.12. The second kappa shape index (κ2) is 6.91. The number of pyridine rings is 1. The van der Waals surface area contributed by atoms with Crippen molar-refractivity contribution in [3.8, 4) is 34.3 Å². The average Bonchev–Trinajstić information content (AvgIpc) is 2.69. The first kappa shape index (κ1) is 15.6. The van der Waals surface area contributed by atoms with Crippen LogP contribution in [0.5, 0.6) is 0 Å². The van der Waals surface area contributed by atoms with Crippen LogP contribution in [-0.2, 0) is 0 Å². The molecule has 0 unspecified atom stereocenters. The van der Waals surface area contributed by atoms with Gasteiger partial charge in [0.15, 0.2) is 17.5 Å². The summed E-state index contributed by atoms with van der Waals surface area (Å²) < 4.78 is 0.914. The van der Waals surface area contributed by atoms with Crippen molar-refractivity contribution in [1.29, 1.82) is 0 Å². The summed E-state index contributed by atoms with van der Waals surface area (Å²) in [6.45, 7) is 0. The Morgan fingerprint density at radius 1 is 0.560 bits per heavy atom. The Morgan fingerprint density at radius 3 is 1.56 bits per heavy atom. The Balaban J connectivity index is 1.90. The van der Waals surface area contributed by atoms with Gasteiger partial charge in [0.05, 0.1) is 0 Å². The van der Waals surface area contributed by atoms with Crippen LogP contribution in [0.1, 0.15) is 0 Å². The lowest BCUT2D eigenvalue weighted by Gasteiger charge is -2.07. The van der Waals surface area contributed by atoms with Crippen molar-refractivity contribution >= 4 is 15.9 Å². The molecule has 0 radical (unpaired) electrons. The highest BCUT2D eigenvalue weighted by molar-refractivity contribution is 9.10. The Morgan fingerprint density at radius 2 is 1.08 bits per heavy atom. The number of nitrogens with zero attached hydrogens (tertiary/aromatic N) is 4. The van der Waals surface area contributed by atoms with Crippen LogP contribution in [0.3, 0.4) is 0 Å². The van der Waals surface area contributed by atoms with Crippen LogP contribution in [0.4, 0.5) is 0 Å². The molecule has 0 saturated carbocycles. The maximum absolute atomic E-state index is 4.66. The molecule has 4 aromatic rings. The number of aromatic nitrogens is 4. The van der Waals surface area contributed by atoms with E-state index in [4.69, 9.17) is 0 Å². The normalized spacial score (nSPS) is 10.6. The molecule has 0 spiro atoms. The van der Waals surface area contributed by atoms with E-state index in [2.05, 4.69) is 35.9 Å². The number of hydrogen-bond acceptors (Lipinski definition) is 4. The van der Waals surface area contributed by atoms with E-state index in [-0.39, 0.29) is 0 Å². The van der Waals surface area contributed by atoms with Crippen LogP contribution < -0.4 is 0 Å². The highest BCUT2D eigenvalue weighted by Crippen LogP contribution is 2.24. The van der Waals surface area contributed by atoms with Crippen LogP contribution in [0.25, 0.3) is 34.3 Å². The molecule has 0 fully saturated rings. The lowest BCUT2D eigenvalue weighted by atomic mass is 10.2. The maximum atomic E-state index is 4.66. The number of rotatable bonds is 3. The molecule has 0 bridgehead atoms. The van der Waals surface area contributed by atoms with Gasteiger partial charge >= 0.3 is 0 Å². The molecule has 0 aliphatic heterocycles. The molecule has 4 nitrogen and oxygen atoms in total. The second-order valence-corrected chi connectivity index (χ2v) is 6.32. The van der Waals surface area contributed by atoms with Crippen molar-refractivity contribution in [3.63, 3.8) is 0 Å². The van der Waals surface area contributed by atoms with Crippen molar-refractivity contribution in [2.45, 2.75) is 0 Å². The van der Waals surface area contributed by atoms with Gasteiger partial charge in [0.1, 0.15) is 5.69 Å². The first-order valence-electron chi connectivity index (χ1n) is 7.78. The summed E-state index contributed by atoms with van der Waals surface area (Å²) in [5.41, 5.74) is 2.60. The molecule has 25 heavy (non-hydrogen) atoms. The van der Waals surface area contributed by atoms with Crippen molar-refractivity contribution in [3.05, 3.63) is 83.5 Å². The van der Waals surface area contributed by atoms with Crippen molar-refractivity contribution < 1.29 is 0 Å². The fourth-order valence-corrected chi connectivity index (χ4v) is 2.67. The minimum atomic E-state index is 0.556. The molecule has 0 saturated heterocycles. The fourth-order valence-electron chi connectivity index (χ4n) is 2.43. The van der Waals surface area contributed by atoms with Gasteiger partial charge in [0.25, 0.3) is 0 Å². The first-order chi connectivity index (χ1) is 12.3. The van der Waals surface area contributed by atoms with Gasteiger partial charge in [-0.2, -0.15) is 0 Å². The summed E-state index contributed by atoms with van der Waals surface area (Å²) in [6.07, 6.45) is 1.74. The van der Waals surface area contributed by atoms with E-state index in [9.17, 15) is 0 Å². The molecule has 0 N–H and O–H groups in total. The van der Waals surface area contributed by atoms with E-state index in [0.29, 0.717) is 23.2 Å². The number of benzene rings is 2. The predicted molar refractivity (Wildman–Crippen MR) is 102 cm³/mol. The summed E-state index contributed by atoms with van der Waals surface area (Å²) in [5.74, 6) is 1.82. The Labute approximate surface area is 153 Å². The van der Waals surface area contributed by atoms with E-state index in [1.807, 2.05) is 72.8 Å². The summed E-state index contributed by atoms with van der Waals surface area (Å²) in [7, 11) is 0. The van der Waals surface area contributed by atoms with Gasteiger partial charge in [-0.3, -0.25) is 4.98 Å². The molecule has 0 amide bonds. The summed E-state index contributed by atoms with van der Waals surface area (Å²) in [6, 6.07) is 23.6. The van der Waals surface area contributed by atoms with Gasteiger partial charge in [-0.15, -0.1) is 0 Å². The minimum Gasteiger partial charge on any atom is -0.252 e. The van der Waals surface area contributed by atoms with E-state index < -0.39 is 0 Å². The van der Waals surface area contributed by atoms with Crippen LogP contribution in [0.15, 0.2) is 83.5 Å². The quantitative estimate of drug-likeness (QED) is 0.493. The van der Waals surface area contributed by atoms with Gasteiger partial charge < -0.3 is 0 Å². The summed E-state index contributed by atoms with van der Waals surface area (Å²) in [5, 5.41) is 0. The zero-order chi connectivity index (χ0) is 17.1. The average molecular weight is 389 g/mol. The van der Waals surface area contributed by atoms with E-state index >= 15 is 0 Å². The molecule has 4 rings (SSSR count). The number of halogens is 1. The second-order valence-electron chi connectivity index (χ2n) is 5.40. The molecular weight excluding hydrogens is 376 g/mol. The van der Waals surface area contributed by atoms with Gasteiger partial charge in [0.2, 0.25) is 0 Å². The topological polar surface area (TPSA) is 51.6 Å². The fraction of sp³-hybridized carbons (Fsp3) is 0. The van der Waals surface area contributed by atoms with Crippen LogP contribution in [0, 0.1) is 0 Å². The Hall–Kier alpha value is -2.92. The minimum absolute atomic E-state index is 0.556. The van der Waals surface area contributed by atoms with Gasteiger partial charge in [-0.25, -0.2) is 15.0 Å². The smallest absolute Gasteiger partial charge is 0.182 e. The SMILES string of the molecule is Brc1ccc(-c2nc(-c3ccccc3)nc(-c3ccccc3)n2)nc1. The van der Waals surface area contributed by atoms with E-state index in [1.54, 1.807) is 6.20 Å². The Bertz CT molecular complexity index is 929. The maximum Gasteiger partial charge on any atom is 0.182 e. The lowest BCUT2D eigenvalue weighted by Crippen LogP contribution is -2.00. The lowest BCUT2D eigenvalue weighted by molar-refractivity contribution is 1.06. The summed E-state index contributed by atoms with van der Waals surface area (Å²) in [4.78, 5) is 18.3. The van der Waals surface area contributed by atoms with Gasteiger partial charge in [0, 0.05) is 21.8 Å². The largest absolute Gasteiger partial charge is 0.252 e. The van der Waals surface area contributed by atoms with Crippen molar-refractivity contribution in [2.24, 2.45) is 0 Å². The third kappa shape index (κ3) is 3.46. The van der Waals surface area contributed by atoms with Crippen molar-refractivity contribution in [1.82, 2.24) is 19.9 Å². The monoisotopic (exact) mass is 388 g/mol. The van der Waals surface area contributed by atoms with Gasteiger partial charge in [-0.05, 0) is 28.1 Å². The first-order valence-corrected chi connectivity index (χ1v) is 8.58. The van der Waals surface area contributed by atoms with Crippen LogP contribution in [-0.4, -0.2) is 19.9 Å². The molecule has 2 aromatic carbocycles. The molecule has 2 aromatic heterocycles. The Kier molecular flexibility index (Phi) is 4.31. The van der Waals surface area contributed by atoms with E-state index in [0.717, 1.165) is 15.6 Å². The van der Waals surface area contributed by atoms with Crippen molar-refractivity contribution in [2.75, 3.05) is 0 Å². The van der Waals surface area contributed by atoms with Crippen LogP contribution in [0.2, 0.25) is 0 Å². The summed E-state index contributed by atoms with van der Waals surface area (Å²) >= 11 is 3.40. The van der Waals surface area contributed by atoms with Crippen LogP contribution >= 0.6 is 15.9 Å². The molecule has 0 atom stereocenters. The molecule has 0 aliphatic carbocycles. The molecule has 0 aliphatic rings. The highest BCUT2D eigenvalue weighted by atomic mass is 79.9. The molecule has 120 valence electrons. The third-order valence-corrected chi connectivity index (χ3v) is 4.12. The zero-order valence-corrected chi connectivity index (χ0v) is 14.8. The molecule has 5 heteroatoms. The predicted octanol–water partition coefficient (Wildman–Crippen LogP) is 5.03. The standard InChI is InChI=1S/C20H13BrN4/c21-16-11-12-17(22-13-16)20-24-18(14-7-3-1-4-8-14)23-19(25-20)15-9-5-2-6-10-15/h1-13H. The van der Waals surface area contributed by atoms with Gasteiger partial charge in [-0.1, -0.05) is 60.7 Å². The molecular formula is C20H13BrN4.